The Morgan fingerprint density at radius 3 is 2.33 bits per heavy atom. The highest BCUT2D eigenvalue weighted by Gasteiger charge is 2.18. The predicted molar refractivity (Wildman–Crippen MR) is 152 cm³/mol. The number of carbonyl (C=O) groups is 2. The van der Waals surface area contributed by atoms with Gasteiger partial charge in [0.1, 0.15) is 24.7 Å². The van der Waals surface area contributed by atoms with E-state index in [2.05, 4.69) is 16.3 Å². The number of benzene rings is 3. The topological polar surface area (TPSA) is 122 Å². The van der Waals surface area contributed by atoms with Gasteiger partial charge in [0.25, 0.3) is 5.69 Å². The fraction of sp³-hybridized carbons (Fsp3) is 0.233. The second-order valence-corrected chi connectivity index (χ2v) is 9.20. The first-order valence-electron chi connectivity index (χ1n) is 12.6. The maximum Gasteiger partial charge on any atom is 0.333 e. The number of nitrogens with zero attached hydrogens (tertiary/aromatic N) is 3. The highest BCUT2D eigenvalue weighted by atomic mass is 16.7. The van der Waals surface area contributed by atoms with Gasteiger partial charge in [0.05, 0.1) is 4.92 Å². The SMILES string of the molecule is C=C(C)C(=O)OCCOc1ccc(/C(=N\OC(C)=O)c2ccc3c(c2)c2cc([N+](=O)[O-])ccc2n3CC)c(C)c1. The summed E-state index contributed by atoms with van der Waals surface area (Å²) in [6.45, 7) is 11.2. The van der Waals surface area contributed by atoms with Crippen LogP contribution in [0, 0.1) is 17.0 Å². The Hall–Kier alpha value is -4.99. The number of hydrogen-bond donors (Lipinski definition) is 0. The quantitative estimate of drug-likeness (QED) is 0.0468. The van der Waals surface area contributed by atoms with Crippen LogP contribution in [-0.4, -0.2) is 40.4 Å². The Morgan fingerprint density at radius 2 is 1.70 bits per heavy atom. The van der Waals surface area contributed by atoms with Crippen molar-refractivity contribution in [1.82, 2.24) is 4.57 Å². The minimum absolute atomic E-state index is 0.00249. The Kier molecular flexibility index (Phi) is 8.28. The van der Waals surface area contributed by atoms with Crippen LogP contribution >= 0.6 is 0 Å². The van der Waals surface area contributed by atoms with Crippen molar-refractivity contribution in [1.29, 1.82) is 0 Å². The van der Waals surface area contributed by atoms with Gasteiger partial charge in [0.15, 0.2) is 0 Å². The molecule has 10 heteroatoms. The highest BCUT2D eigenvalue weighted by molar-refractivity contribution is 6.17. The smallest absolute Gasteiger partial charge is 0.333 e. The van der Waals surface area contributed by atoms with Crippen molar-refractivity contribution >= 4 is 45.1 Å². The lowest BCUT2D eigenvalue weighted by molar-refractivity contribution is -0.384. The Balaban J connectivity index is 1.73. The van der Waals surface area contributed by atoms with Crippen molar-refractivity contribution in [3.05, 3.63) is 93.6 Å². The zero-order valence-electron chi connectivity index (χ0n) is 22.7. The summed E-state index contributed by atoms with van der Waals surface area (Å²) in [7, 11) is 0. The normalized spacial score (nSPS) is 11.4. The summed E-state index contributed by atoms with van der Waals surface area (Å²) in [5.41, 5.74) is 4.70. The van der Waals surface area contributed by atoms with Crippen LogP contribution in [-0.2, 0) is 25.7 Å². The molecule has 0 N–H and O–H groups in total. The van der Waals surface area contributed by atoms with Gasteiger partial charge in [-0.1, -0.05) is 17.8 Å². The van der Waals surface area contributed by atoms with Crippen LogP contribution in [0.25, 0.3) is 21.8 Å². The Labute approximate surface area is 230 Å². The Morgan fingerprint density at radius 1 is 1.00 bits per heavy atom. The number of ether oxygens (including phenoxy) is 2. The van der Waals surface area contributed by atoms with E-state index in [9.17, 15) is 19.7 Å². The van der Waals surface area contributed by atoms with Crippen molar-refractivity contribution in [3.8, 4) is 5.75 Å². The van der Waals surface area contributed by atoms with Crippen LogP contribution in [0.3, 0.4) is 0 Å². The zero-order chi connectivity index (χ0) is 29.0. The van der Waals surface area contributed by atoms with Gasteiger partial charge in [-0.05, 0) is 62.7 Å². The van der Waals surface area contributed by atoms with Crippen molar-refractivity contribution in [2.75, 3.05) is 13.2 Å². The molecule has 0 fully saturated rings. The number of carbonyl (C=O) groups excluding carboxylic acids is 2. The molecule has 4 aromatic rings. The zero-order valence-corrected chi connectivity index (χ0v) is 22.7. The molecule has 4 rings (SSSR count). The van der Waals surface area contributed by atoms with Gasteiger partial charge in [-0.2, -0.15) is 0 Å². The van der Waals surface area contributed by atoms with Crippen LogP contribution < -0.4 is 4.74 Å². The molecule has 0 aliphatic heterocycles. The van der Waals surface area contributed by atoms with E-state index in [0.717, 1.165) is 27.4 Å². The largest absolute Gasteiger partial charge is 0.490 e. The third-order valence-electron chi connectivity index (χ3n) is 6.30. The van der Waals surface area contributed by atoms with Crippen LogP contribution in [0.1, 0.15) is 37.5 Å². The van der Waals surface area contributed by atoms with E-state index in [1.54, 1.807) is 31.2 Å². The summed E-state index contributed by atoms with van der Waals surface area (Å²) < 4.78 is 12.9. The lowest BCUT2D eigenvalue weighted by Gasteiger charge is -2.13. The third kappa shape index (κ3) is 5.85. The fourth-order valence-electron chi connectivity index (χ4n) is 4.47. The molecule has 1 aromatic heterocycles. The maximum atomic E-state index is 11.7. The average Bonchev–Trinajstić information content (AvgIpc) is 3.24. The number of aryl methyl sites for hydroxylation is 2. The number of fused-ring (bicyclic) bond motifs is 3. The van der Waals surface area contributed by atoms with Gasteiger partial charge >= 0.3 is 11.9 Å². The van der Waals surface area contributed by atoms with Gasteiger partial charge in [0.2, 0.25) is 0 Å². The molecule has 1 heterocycles. The number of oxime groups is 1. The Bertz CT molecular complexity index is 1680. The molecule has 0 unspecified atom stereocenters. The standard InChI is InChI=1S/C30H29N3O7/c1-6-32-27-11-7-21(16-25(27)26-17-22(33(36)37)8-12-28(26)32)29(31-40-20(5)34)24-10-9-23(15-19(24)4)38-13-14-39-30(35)18(2)3/h7-12,15-17H,2,6,13-14H2,1,3-5H3/b31-29-. The van der Waals surface area contributed by atoms with Crippen LogP contribution in [0.4, 0.5) is 5.69 Å². The molecule has 0 spiro atoms. The summed E-state index contributed by atoms with van der Waals surface area (Å²) in [5.74, 6) is -0.484. The van der Waals surface area contributed by atoms with E-state index in [-0.39, 0.29) is 18.9 Å². The first-order valence-corrected chi connectivity index (χ1v) is 12.6. The molecule has 3 aromatic carbocycles. The maximum absolute atomic E-state index is 11.7. The molecular weight excluding hydrogens is 514 g/mol. The van der Waals surface area contributed by atoms with Gasteiger partial charge in [-0.25, -0.2) is 9.59 Å². The summed E-state index contributed by atoms with van der Waals surface area (Å²) in [4.78, 5) is 39.3. The first-order chi connectivity index (χ1) is 19.1. The van der Waals surface area contributed by atoms with Crippen molar-refractivity contribution in [3.63, 3.8) is 0 Å². The lowest BCUT2D eigenvalue weighted by Crippen LogP contribution is -2.13. The number of nitro benzene ring substituents is 1. The number of nitro groups is 1. The van der Waals surface area contributed by atoms with E-state index < -0.39 is 16.9 Å². The number of esters is 1. The van der Waals surface area contributed by atoms with Gasteiger partial charge < -0.3 is 18.9 Å². The van der Waals surface area contributed by atoms with E-state index in [1.807, 2.05) is 38.1 Å². The summed E-state index contributed by atoms with van der Waals surface area (Å²) in [6.07, 6.45) is 0. The second kappa shape index (κ2) is 11.8. The molecule has 0 atom stereocenters. The molecule has 0 aliphatic rings. The molecular formula is C30H29N3O7. The molecule has 0 saturated carbocycles. The van der Waals surface area contributed by atoms with E-state index in [4.69, 9.17) is 14.3 Å². The lowest BCUT2D eigenvalue weighted by atomic mass is 9.96. The number of non-ortho nitro benzene ring substituents is 1. The third-order valence-corrected chi connectivity index (χ3v) is 6.30. The predicted octanol–water partition coefficient (Wildman–Crippen LogP) is 5.84. The van der Waals surface area contributed by atoms with Crippen LogP contribution in [0.2, 0.25) is 0 Å². The van der Waals surface area contributed by atoms with Crippen LogP contribution in [0.5, 0.6) is 5.75 Å². The monoisotopic (exact) mass is 543 g/mol. The second-order valence-electron chi connectivity index (χ2n) is 9.20. The molecule has 0 amide bonds. The summed E-state index contributed by atoms with van der Waals surface area (Å²) in [6, 6.07) is 15.9. The van der Waals surface area contributed by atoms with Gasteiger partial charge in [-0.3, -0.25) is 10.1 Å². The summed E-state index contributed by atoms with van der Waals surface area (Å²) in [5, 5.41) is 17.2. The molecule has 0 bridgehead atoms. The minimum atomic E-state index is -0.571. The van der Waals surface area contributed by atoms with E-state index in [0.29, 0.717) is 34.7 Å². The molecule has 10 nitrogen and oxygen atoms in total. The fourth-order valence-corrected chi connectivity index (χ4v) is 4.47. The molecule has 0 aliphatic carbocycles. The van der Waals surface area contributed by atoms with E-state index in [1.165, 1.54) is 13.0 Å². The molecule has 0 saturated heterocycles. The molecule has 0 radical (unpaired) electrons. The van der Waals surface area contributed by atoms with Gasteiger partial charge in [0, 0.05) is 64.1 Å². The van der Waals surface area contributed by atoms with Crippen molar-refractivity contribution in [2.45, 2.75) is 34.2 Å². The average molecular weight is 544 g/mol. The van der Waals surface area contributed by atoms with Crippen molar-refractivity contribution < 1.29 is 28.8 Å². The number of rotatable bonds is 10. The minimum Gasteiger partial charge on any atom is -0.490 e. The van der Waals surface area contributed by atoms with Crippen molar-refractivity contribution in [2.24, 2.45) is 5.16 Å². The van der Waals surface area contributed by atoms with E-state index >= 15 is 0 Å². The number of aromatic nitrogens is 1. The summed E-state index contributed by atoms with van der Waals surface area (Å²) >= 11 is 0. The highest BCUT2D eigenvalue weighted by Crippen LogP contribution is 2.33. The molecule has 40 heavy (non-hydrogen) atoms. The molecule has 206 valence electrons. The van der Waals surface area contributed by atoms with Gasteiger partial charge in [-0.15, -0.1) is 0 Å². The van der Waals surface area contributed by atoms with Crippen LogP contribution in [0.15, 0.2) is 71.9 Å². The first kappa shape index (κ1) is 28.0. The number of hydrogen-bond acceptors (Lipinski definition) is 8.